The molecule has 1 fully saturated rings. The van der Waals surface area contributed by atoms with E-state index in [4.69, 9.17) is 9.47 Å². The van der Waals surface area contributed by atoms with Crippen molar-refractivity contribution in [3.05, 3.63) is 12.2 Å². The van der Waals surface area contributed by atoms with E-state index in [1.54, 1.807) is 0 Å². The molecular weight excluding hydrogens is 356 g/mol. The van der Waals surface area contributed by atoms with E-state index in [1.807, 2.05) is 0 Å². The number of rotatable bonds is 17. The SMILES string of the molecule is C/C=C/CCCCCCCCCCCCCCOC[C@H]1OC[C@H](O)[C@@H](O)[C@@H]1O. The van der Waals surface area contributed by atoms with Crippen LogP contribution in [0, 0.1) is 0 Å². The highest BCUT2D eigenvalue weighted by Crippen LogP contribution is 2.16. The van der Waals surface area contributed by atoms with Gasteiger partial charge in [-0.2, -0.15) is 0 Å². The van der Waals surface area contributed by atoms with Gasteiger partial charge in [-0.15, -0.1) is 0 Å². The standard InChI is InChI=1S/C23H44O5/c1-2-3-4-5-6-7-8-9-10-11-12-13-14-15-16-17-27-19-21-23(26)22(25)20(24)18-28-21/h2-3,20-26H,4-19H2,1H3/b3-2+/t20-,21+,22+,23+/m0/s1. The van der Waals surface area contributed by atoms with Gasteiger partial charge >= 0.3 is 0 Å². The molecule has 1 aliphatic rings. The summed E-state index contributed by atoms with van der Waals surface area (Å²) in [7, 11) is 0. The molecule has 0 amide bonds. The van der Waals surface area contributed by atoms with E-state index in [1.165, 1.54) is 77.0 Å². The molecule has 0 aromatic rings. The van der Waals surface area contributed by atoms with E-state index in [2.05, 4.69) is 19.1 Å². The van der Waals surface area contributed by atoms with Gasteiger partial charge in [0.25, 0.3) is 0 Å². The Morgan fingerprint density at radius 3 is 1.89 bits per heavy atom. The molecule has 1 rings (SSSR count). The predicted octanol–water partition coefficient (Wildman–Crippen LogP) is 4.13. The van der Waals surface area contributed by atoms with Crippen molar-refractivity contribution in [2.45, 2.75) is 115 Å². The molecule has 0 aromatic carbocycles. The molecule has 0 bridgehead atoms. The van der Waals surface area contributed by atoms with Crippen LogP contribution in [-0.4, -0.2) is 59.6 Å². The predicted molar refractivity (Wildman–Crippen MR) is 113 cm³/mol. The first-order valence-corrected chi connectivity index (χ1v) is 11.5. The molecule has 5 nitrogen and oxygen atoms in total. The first kappa shape index (κ1) is 25.6. The molecule has 0 aliphatic carbocycles. The fourth-order valence-corrected chi connectivity index (χ4v) is 3.61. The Kier molecular flexibility index (Phi) is 15.9. The van der Waals surface area contributed by atoms with Gasteiger partial charge in [-0.1, -0.05) is 76.4 Å². The quantitative estimate of drug-likeness (QED) is 0.253. The van der Waals surface area contributed by atoms with E-state index < -0.39 is 24.4 Å². The number of hydrogen-bond donors (Lipinski definition) is 3. The maximum Gasteiger partial charge on any atom is 0.111 e. The molecule has 1 heterocycles. The largest absolute Gasteiger partial charge is 0.388 e. The van der Waals surface area contributed by atoms with Crippen molar-refractivity contribution in [1.29, 1.82) is 0 Å². The number of ether oxygens (including phenoxy) is 2. The van der Waals surface area contributed by atoms with Crippen molar-refractivity contribution in [3.8, 4) is 0 Å². The number of aliphatic hydroxyl groups is 3. The van der Waals surface area contributed by atoms with Gasteiger partial charge in [0, 0.05) is 6.61 Å². The summed E-state index contributed by atoms with van der Waals surface area (Å²) < 4.78 is 10.9. The fourth-order valence-electron chi connectivity index (χ4n) is 3.61. The van der Waals surface area contributed by atoms with Crippen LogP contribution in [0.4, 0.5) is 0 Å². The van der Waals surface area contributed by atoms with Crippen LogP contribution in [0.3, 0.4) is 0 Å². The second kappa shape index (κ2) is 17.4. The number of aliphatic hydroxyl groups excluding tert-OH is 3. The average molecular weight is 401 g/mol. The minimum atomic E-state index is -1.15. The van der Waals surface area contributed by atoms with Crippen LogP contribution in [-0.2, 0) is 9.47 Å². The summed E-state index contributed by atoms with van der Waals surface area (Å²) in [5.41, 5.74) is 0. The van der Waals surface area contributed by atoms with Crippen molar-refractivity contribution < 1.29 is 24.8 Å². The molecule has 0 unspecified atom stereocenters. The smallest absolute Gasteiger partial charge is 0.111 e. The molecule has 5 heteroatoms. The zero-order valence-electron chi connectivity index (χ0n) is 17.9. The maximum absolute atomic E-state index is 9.83. The van der Waals surface area contributed by atoms with Gasteiger partial charge in [0.2, 0.25) is 0 Å². The minimum absolute atomic E-state index is 0.0445. The molecule has 166 valence electrons. The molecule has 3 N–H and O–H groups in total. The fraction of sp³-hybridized carbons (Fsp3) is 0.913. The van der Waals surface area contributed by atoms with Crippen molar-refractivity contribution in [2.75, 3.05) is 19.8 Å². The van der Waals surface area contributed by atoms with E-state index in [0.29, 0.717) is 6.61 Å². The molecule has 28 heavy (non-hydrogen) atoms. The zero-order chi connectivity index (χ0) is 20.5. The Hall–Kier alpha value is -0.460. The lowest BCUT2D eigenvalue weighted by Crippen LogP contribution is -2.54. The van der Waals surface area contributed by atoms with Gasteiger partial charge in [-0.3, -0.25) is 0 Å². The van der Waals surface area contributed by atoms with Crippen molar-refractivity contribution >= 4 is 0 Å². The molecule has 1 saturated heterocycles. The topological polar surface area (TPSA) is 79.2 Å². The molecule has 0 aromatic heterocycles. The van der Waals surface area contributed by atoms with E-state index >= 15 is 0 Å². The van der Waals surface area contributed by atoms with Gasteiger partial charge in [0.15, 0.2) is 0 Å². The summed E-state index contributed by atoms with van der Waals surface area (Å²) in [4.78, 5) is 0. The van der Waals surface area contributed by atoms with Crippen LogP contribution in [0.1, 0.15) is 90.4 Å². The van der Waals surface area contributed by atoms with Gasteiger partial charge in [-0.25, -0.2) is 0 Å². The number of unbranched alkanes of at least 4 members (excludes halogenated alkanes) is 12. The summed E-state index contributed by atoms with van der Waals surface area (Å²) in [6.45, 7) is 3.05. The highest BCUT2D eigenvalue weighted by atomic mass is 16.6. The highest BCUT2D eigenvalue weighted by Gasteiger charge is 2.37. The highest BCUT2D eigenvalue weighted by molar-refractivity contribution is 4.86. The lowest BCUT2D eigenvalue weighted by atomic mass is 10.0. The van der Waals surface area contributed by atoms with Gasteiger partial charge in [0.05, 0.1) is 13.2 Å². The third kappa shape index (κ3) is 12.2. The van der Waals surface area contributed by atoms with Crippen LogP contribution in [0.15, 0.2) is 12.2 Å². The monoisotopic (exact) mass is 400 g/mol. The third-order valence-electron chi connectivity index (χ3n) is 5.53. The van der Waals surface area contributed by atoms with Gasteiger partial charge < -0.3 is 24.8 Å². The minimum Gasteiger partial charge on any atom is -0.388 e. The van der Waals surface area contributed by atoms with Gasteiger partial charge in [-0.05, 0) is 26.2 Å². The number of hydrogen-bond acceptors (Lipinski definition) is 5. The van der Waals surface area contributed by atoms with Crippen LogP contribution in [0.5, 0.6) is 0 Å². The maximum atomic E-state index is 9.83. The van der Waals surface area contributed by atoms with Crippen LogP contribution in [0.2, 0.25) is 0 Å². The normalized spacial score (nSPS) is 25.6. The first-order chi connectivity index (χ1) is 13.7. The first-order valence-electron chi connectivity index (χ1n) is 11.5. The zero-order valence-corrected chi connectivity index (χ0v) is 17.9. The molecule has 4 atom stereocenters. The number of allylic oxidation sites excluding steroid dienone is 2. The van der Waals surface area contributed by atoms with Crippen LogP contribution >= 0.6 is 0 Å². The average Bonchev–Trinajstić information content (AvgIpc) is 2.70. The van der Waals surface area contributed by atoms with Crippen molar-refractivity contribution in [1.82, 2.24) is 0 Å². The lowest BCUT2D eigenvalue weighted by Gasteiger charge is -2.35. The summed E-state index contributed by atoms with van der Waals surface area (Å²) in [6, 6.07) is 0. The Morgan fingerprint density at radius 1 is 0.786 bits per heavy atom. The van der Waals surface area contributed by atoms with E-state index in [0.717, 1.165) is 6.42 Å². The van der Waals surface area contributed by atoms with Crippen LogP contribution in [0.25, 0.3) is 0 Å². The Balaban J connectivity index is 1.78. The summed E-state index contributed by atoms with van der Waals surface area (Å²) in [6.07, 6.45) is 17.6. The van der Waals surface area contributed by atoms with Crippen LogP contribution < -0.4 is 0 Å². The van der Waals surface area contributed by atoms with Crippen molar-refractivity contribution in [3.63, 3.8) is 0 Å². The molecule has 0 radical (unpaired) electrons. The van der Waals surface area contributed by atoms with E-state index in [-0.39, 0.29) is 13.2 Å². The third-order valence-corrected chi connectivity index (χ3v) is 5.53. The van der Waals surface area contributed by atoms with Crippen molar-refractivity contribution in [2.24, 2.45) is 0 Å². The Morgan fingerprint density at radius 2 is 1.32 bits per heavy atom. The lowest BCUT2D eigenvalue weighted by molar-refractivity contribution is -0.199. The molecular formula is C23H44O5. The Labute approximate surface area is 172 Å². The second-order valence-corrected chi connectivity index (χ2v) is 8.10. The summed E-state index contributed by atoms with van der Waals surface area (Å²) in [5.74, 6) is 0. The second-order valence-electron chi connectivity index (χ2n) is 8.10. The molecule has 0 spiro atoms. The Bertz CT molecular complexity index is 374. The molecule has 1 aliphatic heterocycles. The summed E-state index contributed by atoms with van der Waals surface area (Å²) >= 11 is 0. The molecule has 0 saturated carbocycles. The summed E-state index contributed by atoms with van der Waals surface area (Å²) in [5, 5.41) is 28.9. The van der Waals surface area contributed by atoms with Gasteiger partial charge in [0.1, 0.15) is 24.4 Å². The van der Waals surface area contributed by atoms with E-state index in [9.17, 15) is 15.3 Å².